The lowest BCUT2D eigenvalue weighted by atomic mass is 10.0. The predicted molar refractivity (Wildman–Crippen MR) is 131 cm³/mol. The summed E-state index contributed by atoms with van der Waals surface area (Å²) in [7, 11) is 0. The first-order chi connectivity index (χ1) is 16.1. The van der Waals surface area contributed by atoms with Crippen molar-refractivity contribution in [1.82, 2.24) is 5.32 Å². The van der Waals surface area contributed by atoms with Gasteiger partial charge in [0.15, 0.2) is 0 Å². The van der Waals surface area contributed by atoms with Gasteiger partial charge in [-0.2, -0.15) is 0 Å². The highest BCUT2D eigenvalue weighted by atomic mass is 16.5. The highest BCUT2D eigenvalue weighted by Gasteiger charge is 2.26. The Morgan fingerprint density at radius 3 is 1.33 bits per heavy atom. The summed E-state index contributed by atoms with van der Waals surface area (Å²) in [6, 6.07) is 15.0. The van der Waals surface area contributed by atoms with Gasteiger partial charge in [0, 0.05) is 0 Å². The van der Waals surface area contributed by atoms with Gasteiger partial charge in [-0.25, -0.2) is 0 Å². The topological polar surface area (TPSA) is 71.0 Å². The lowest BCUT2D eigenvalue weighted by Gasteiger charge is -2.16. The molecule has 4 atom stereocenters. The number of hydrogen-bond donors (Lipinski definition) is 3. The number of aromatic hydroxyl groups is 2. The molecule has 2 aliphatic rings. The van der Waals surface area contributed by atoms with Gasteiger partial charge >= 0.3 is 0 Å². The summed E-state index contributed by atoms with van der Waals surface area (Å²) in [4.78, 5) is 0. The molecule has 5 nitrogen and oxygen atoms in total. The number of benzene rings is 2. The molecule has 0 bridgehead atoms. The molecule has 5 heteroatoms. The molecule has 2 aromatic carbocycles. The molecular formula is C28H39NO4. The van der Waals surface area contributed by atoms with Crippen LogP contribution in [0.4, 0.5) is 0 Å². The smallest absolute Gasteiger partial charge is 0.115 e. The summed E-state index contributed by atoms with van der Waals surface area (Å²) in [5.74, 6) is 0.654. The number of hydrogen-bond acceptors (Lipinski definition) is 5. The molecule has 0 aromatic heterocycles. The maximum atomic E-state index is 9.39. The molecule has 2 saturated heterocycles. The maximum Gasteiger partial charge on any atom is 0.115 e. The minimum atomic E-state index is 0.327. The standard InChI is InChI=1S/C28H39NO4/c30-23-7-1-21(2-8-23)5-11-25-13-15-27(32-25)17-19-29-20-18-28-16-14-26(33-28)12-6-22-3-9-24(31)10-4-22/h1-4,7-10,25-31H,5-6,11-20H2. The van der Waals surface area contributed by atoms with Crippen LogP contribution in [0, 0.1) is 0 Å². The van der Waals surface area contributed by atoms with Crippen molar-refractivity contribution in [3.8, 4) is 11.5 Å². The normalized spacial score (nSPS) is 25.0. The first-order valence-electron chi connectivity index (χ1n) is 12.7. The van der Waals surface area contributed by atoms with E-state index in [0.29, 0.717) is 35.9 Å². The highest BCUT2D eigenvalue weighted by Crippen LogP contribution is 2.27. The Morgan fingerprint density at radius 1 is 0.576 bits per heavy atom. The maximum absolute atomic E-state index is 9.39. The van der Waals surface area contributed by atoms with Crippen LogP contribution in [-0.4, -0.2) is 47.7 Å². The van der Waals surface area contributed by atoms with Crippen molar-refractivity contribution in [2.75, 3.05) is 13.1 Å². The first-order valence-corrected chi connectivity index (χ1v) is 12.7. The molecule has 0 radical (unpaired) electrons. The van der Waals surface area contributed by atoms with Crippen LogP contribution in [0.2, 0.25) is 0 Å². The SMILES string of the molecule is Oc1ccc(CCC2CCC(CCNCCC3CCC(CCc4ccc(O)cc4)O3)O2)cc1. The van der Waals surface area contributed by atoms with Gasteiger partial charge in [-0.15, -0.1) is 0 Å². The molecule has 0 aliphatic carbocycles. The van der Waals surface area contributed by atoms with E-state index < -0.39 is 0 Å². The van der Waals surface area contributed by atoms with Crippen LogP contribution in [0.15, 0.2) is 48.5 Å². The monoisotopic (exact) mass is 453 g/mol. The summed E-state index contributed by atoms with van der Waals surface area (Å²) in [5.41, 5.74) is 2.52. The van der Waals surface area contributed by atoms with E-state index in [1.807, 2.05) is 24.3 Å². The van der Waals surface area contributed by atoms with E-state index in [1.165, 1.54) is 11.1 Å². The van der Waals surface area contributed by atoms with Crippen LogP contribution in [0.1, 0.15) is 62.5 Å². The Hall–Kier alpha value is -2.08. The van der Waals surface area contributed by atoms with Gasteiger partial charge in [0.25, 0.3) is 0 Å². The Kier molecular flexibility index (Phi) is 9.04. The Labute approximate surface area is 198 Å². The summed E-state index contributed by atoms with van der Waals surface area (Å²) >= 11 is 0. The zero-order valence-corrected chi connectivity index (χ0v) is 19.6. The Bertz CT molecular complexity index is 753. The van der Waals surface area contributed by atoms with Crippen molar-refractivity contribution in [3.63, 3.8) is 0 Å². The third-order valence-electron chi connectivity index (χ3n) is 7.06. The average Bonchev–Trinajstić information content (AvgIpc) is 3.48. The molecule has 33 heavy (non-hydrogen) atoms. The number of aryl methyl sites for hydroxylation is 2. The molecule has 4 unspecified atom stereocenters. The lowest BCUT2D eigenvalue weighted by Crippen LogP contribution is -2.25. The first kappa shape index (κ1) is 24.1. The zero-order chi connectivity index (χ0) is 22.9. The quantitative estimate of drug-likeness (QED) is 0.389. The molecule has 4 rings (SSSR count). The molecule has 2 fully saturated rings. The molecule has 0 spiro atoms. The van der Waals surface area contributed by atoms with Crippen LogP contribution < -0.4 is 5.32 Å². The number of ether oxygens (including phenoxy) is 2. The van der Waals surface area contributed by atoms with Crippen molar-refractivity contribution in [2.24, 2.45) is 0 Å². The van der Waals surface area contributed by atoms with Crippen molar-refractivity contribution < 1.29 is 19.7 Å². The zero-order valence-electron chi connectivity index (χ0n) is 19.6. The second-order valence-corrected chi connectivity index (χ2v) is 9.65. The van der Waals surface area contributed by atoms with Gasteiger partial charge in [0.2, 0.25) is 0 Å². The van der Waals surface area contributed by atoms with E-state index in [2.05, 4.69) is 5.32 Å². The molecule has 2 aliphatic heterocycles. The van der Waals surface area contributed by atoms with Crippen molar-refractivity contribution in [2.45, 2.75) is 88.6 Å². The van der Waals surface area contributed by atoms with E-state index in [0.717, 1.165) is 77.3 Å². The second-order valence-electron chi connectivity index (χ2n) is 9.65. The third-order valence-corrected chi connectivity index (χ3v) is 7.06. The number of rotatable bonds is 12. The number of nitrogens with one attached hydrogen (secondary N) is 1. The largest absolute Gasteiger partial charge is 0.508 e. The molecule has 2 heterocycles. The van der Waals surface area contributed by atoms with Gasteiger partial charge < -0.3 is 25.0 Å². The molecule has 180 valence electrons. The van der Waals surface area contributed by atoms with E-state index >= 15 is 0 Å². The molecular weight excluding hydrogens is 414 g/mol. The highest BCUT2D eigenvalue weighted by molar-refractivity contribution is 5.26. The fraction of sp³-hybridized carbons (Fsp3) is 0.571. The fourth-order valence-corrected chi connectivity index (χ4v) is 5.04. The average molecular weight is 454 g/mol. The van der Waals surface area contributed by atoms with Crippen molar-refractivity contribution in [3.05, 3.63) is 59.7 Å². The third kappa shape index (κ3) is 8.02. The van der Waals surface area contributed by atoms with Crippen LogP contribution >= 0.6 is 0 Å². The number of phenolic OH excluding ortho intramolecular Hbond substituents is 2. The lowest BCUT2D eigenvalue weighted by molar-refractivity contribution is 0.0332. The summed E-state index contributed by atoms with van der Waals surface area (Å²) in [6.45, 7) is 2.01. The Balaban J connectivity index is 1.01. The fourth-order valence-electron chi connectivity index (χ4n) is 5.04. The van der Waals surface area contributed by atoms with Crippen molar-refractivity contribution in [1.29, 1.82) is 0 Å². The molecule has 0 saturated carbocycles. The van der Waals surface area contributed by atoms with Crippen LogP contribution in [0.25, 0.3) is 0 Å². The van der Waals surface area contributed by atoms with E-state index in [4.69, 9.17) is 9.47 Å². The summed E-state index contributed by atoms with van der Waals surface area (Å²) in [6.07, 6.45) is 12.4. The minimum absolute atomic E-state index is 0.327. The van der Waals surface area contributed by atoms with E-state index in [1.54, 1.807) is 24.3 Å². The van der Waals surface area contributed by atoms with Gasteiger partial charge in [-0.1, -0.05) is 24.3 Å². The van der Waals surface area contributed by atoms with Gasteiger partial charge in [0.05, 0.1) is 24.4 Å². The van der Waals surface area contributed by atoms with Gasteiger partial charge in [-0.3, -0.25) is 0 Å². The second kappa shape index (κ2) is 12.4. The summed E-state index contributed by atoms with van der Waals surface area (Å²) in [5, 5.41) is 22.4. The van der Waals surface area contributed by atoms with Crippen LogP contribution in [0.5, 0.6) is 11.5 Å². The van der Waals surface area contributed by atoms with Crippen LogP contribution in [-0.2, 0) is 22.3 Å². The van der Waals surface area contributed by atoms with Crippen molar-refractivity contribution >= 4 is 0 Å². The van der Waals surface area contributed by atoms with E-state index in [9.17, 15) is 10.2 Å². The van der Waals surface area contributed by atoms with E-state index in [-0.39, 0.29) is 0 Å². The molecule has 0 amide bonds. The molecule has 2 aromatic rings. The minimum Gasteiger partial charge on any atom is -0.508 e. The van der Waals surface area contributed by atoms with Gasteiger partial charge in [-0.05, 0) is 113 Å². The number of phenols is 2. The van der Waals surface area contributed by atoms with Crippen LogP contribution in [0.3, 0.4) is 0 Å². The Morgan fingerprint density at radius 2 is 0.939 bits per heavy atom. The predicted octanol–water partition coefficient (Wildman–Crippen LogP) is 5.13. The summed E-state index contributed by atoms with van der Waals surface area (Å²) < 4.78 is 12.5. The van der Waals surface area contributed by atoms with Gasteiger partial charge in [0.1, 0.15) is 11.5 Å². The molecule has 3 N–H and O–H groups in total.